The lowest BCUT2D eigenvalue weighted by atomic mass is 10.1. The second-order valence-corrected chi connectivity index (χ2v) is 5.23. The van der Waals surface area contributed by atoms with E-state index in [1.807, 2.05) is 0 Å². The van der Waals surface area contributed by atoms with Crippen LogP contribution in [0.2, 0.25) is 5.02 Å². The molecule has 0 saturated heterocycles. The highest BCUT2D eigenvalue weighted by Crippen LogP contribution is 2.36. The highest BCUT2D eigenvalue weighted by atomic mass is 35.5. The van der Waals surface area contributed by atoms with Crippen molar-refractivity contribution in [2.24, 2.45) is 5.92 Å². The van der Waals surface area contributed by atoms with Crippen LogP contribution in [0.5, 0.6) is 11.5 Å². The minimum absolute atomic E-state index is 0.00191. The van der Waals surface area contributed by atoms with E-state index in [-0.39, 0.29) is 16.5 Å². The molecule has 1 aromatic carbocycles. The number of carbonyl (C=O) groups excluding carboxylic acids is 1. The summed E-state index contributed by atoms with van der Waals surface area (Å²) in [6, 6.07) is 2.01. The number of hydrogen-bond donors (Lipinski definition) is 2. The van der Waals surface area contributed by atoms with Gasteiger partial charge in [0.1, 0.15) is 6.04 Å². The minimum Gasteiger partial charge on any atom is -0.493 e. The fraction of sp³-hybridized carbons (Fsp3) is 0.429. The zero-order valence-electron chi connectivity index (χ0n) is 11.7. The van der Waals surface area contributed by atoms with Gasteiger partial charge in [-0.1, -0.05) is 11.6 Å². The molecule has 2 rings (SSSR count). The molecule has 1 saturated carbocycles. The van der Waals surface area contributed by atoms with Crippen LogP contribution in [0.1, 0.15) is 23.2 Å². The maximum Gasteiger partial charge on any atom is 0.326 e. The van der Waals surface area contributed by atoms with Crippen molar-refractivity contribution in [1.82, 2.24) is 5.32 Å². The SMILES string of the molecule is COc1cc(C(=O)NC(C(=O)O)C2CC2)cc(Cl)c1OC. The van der Waals surface area contributed by atoms with E-state index in [0.29, 0.717) is 11.5 Å². The molecule has 0 radical (unpaired) electrons. The summed E-state index contributed by atoms with van der Waals surface area (Å²) in [4.78, 5) is 23.3. The van der Waals surface area contributed by atoms with Crippen molar-refractivity contribution >= 4 is 23.5 Å². The summed E-state index contributed by atoms with van der Waals surface area (Å²) in [5.74, 6) is -0.891. The van der Waals surface area contributed by atoms with Gasteiger partial charge in [-0.2, -0.15) is 0 Å². The summed E-state index contributed by atoms with van der Waals surface area (Å²) in [5, 5.41) is 11.9. The van der Waals surface area contributed by atoms with Gasteiger partial charge in [-0.25, -0.2) is 4.79 Å². The number of nitrogens with one attached hydrogen (secondary N) is 1. The average Bonchev–Trinajstić information content (AvgIpc) is 3.27. The standard InChI is InChI=1S/C14H16ClNO5/c1-20-10-6-8(5-9(15)12(10)21-2)13(17)16-11(14(18)19)7-3-4-7/h5-7,11H,3-4H2,1-2H3,(H,16,17)(H,18,19). The molecule has 0 bridgehead atoms. The molecule has 1 atom stereocenters. The van der Waals surface area contributed by atoms with Gasteiger partial charge in [0.25, 0.3) is 5.91 Å². The van der Waals surface area contributed by atoms with Crippen LogP contribution in [0, 0.1) is 5.92 Å². The lowest BCUT2D eigenvalue weighted by molar-refractivity contribution is -0.139. The van der Waals surface area contributed by atoms with Crippen molar-refractivity contribution < 1.29 is 24.2 Å². The molecule has 0 heterocycles. The van der Waals surface area contributed by atoms with E-state index in [9.17, 15) is 9.59 Å². The number of carbonyl (C=O) groups is 2. The summed E-state index contributed by atoms with van der Waals surface area (Å²) in [6.07, 6.45) is 1.62. The van der Waals surface area contributed by atoms with E-state index >= 15 is 0 Å². The van der Waals surface area contributed by atoms with Gasteiger partial charge in [0, 0.05) is 5.56 Å². The van der Waals surface area contributed by atoms with E-state index < -0.39 is 17.9 Å². The van der Waals surface area contributed by atoms with Gasteiger partial charge in [-0.05, 0) is 30.9 Å². The Balaban J connectivity index is 2.22. The van der Waals surface area contributed by atoms with Crippen molar-refractivity contribution in [2.75, 3.05) is 14.2 Å². The van der Waals surface area contributed by atoms with Gasteiger partial charge in [-0.3, -0.25) is 4.79 Å². The van der Waals surface area contributed by atoms with Crippen LogP contribution >= 0.6 is 11.6 Å². The van der Waals surface area contributed by atoms with Crippen molar-refractivity contribution in [3.63, 3.8) is 0 Å². The Labute approximate surface area is 127 Å². The number of rotatable bonds is 6. The molecule has 0 aliphatic heterocycles. The second-order valence-electron chi connectivity index (χ2n) is 4.82. The molecule has 0 aromatic heterocycles. The van der Waals surface area contributed by atoms with E-state index in [1.165, 1.54) is 26.4 Å². The third-order valence-electron chi connectivity index (χ3n) is 3.34. The predicted molar refractivity (Wildman–Crippen MR) is 76.2 cm³/mol. The van der Waals surface area contributed by atoms with E-state index in [1.54, 1.807) is 0 Å². The summed E-state index contributed by atoms with van der Waals surface area (Å²) in [5.41, 5.74) is 0.226. The lowest BCUT2D eigenvalue weighted by Crippen LogP contribution is -2.42. The number of hydrogen-bond acceptors (Lipinski definition) is 4. The van der Waals surface area contributed by atoms with E-state index in [2.05, 4.69) is 5.32 Å². The van der Waals surface area contributed by atoms with Gasteiger partial charge in [0.15, 0.2) is 11.5 Å². The fourth-order valence-electron chi connectivity index (χ4n) is 2.08. The molecule has 1 aromatic rings. The molecule has 2 N–H and O–H groups in total. The van der Waals surface area contributed by atoms with Gasteiger partial charge >= 0.3 is 5.97 Å². The summed E-state index contributed by atoms with van der Waals surface area (Å²) < 4.78 is 10.2. The van der Waals surface area contributed by atoms with E-state index in [4.69, 9.17) is 26.2 Å². The molecule has 21 heavy (non-hydrogen) atoms. The Hall–Kier alpha value is -1.95. The molecule has 1 amide bonds. The second kappa shape index (κ2) is 6.22. The molecule has 6 nitrogen and oxygen atoms in total. The first-order valence-corrected chi connectivity index (χ1v) is 6.81. The zero-order valence-corrected chi connectivity index (χ0v) is 12.4. The molecule has 1 aliphatic rings. The Morgan fingerprint density at radius 2 is 2.00 bits per heavy atom. The maximum absolute atomic E-state index is 12.2. The van der Waals surface area contributed by atoms with Crippen LogP contribution in [0.15, 0.2) is 12.1 Å². The number of ether oxygens (including phenoxy) is 2. The number of methoxy groups -OCH3 is 2. The molecular weight excluding hydrogens is 298 g/mol. The normalized spacial score (nSPS) is 15.2. The molecule has 0 spiro atoms. The number of carboxylic acid groups (broad SMARTS) is 1. The van der Waals surface area contributed by atoms with Crippen molar-refractivity contribution in [2.45, 2.75) is 18.9 Å². The van der Waals surface area contributed by atoms with Crippen LogP contribution in [-0.2, 0) is 4.79 Å². The van der Waals surface area contributed by atoms with Gasteiger partial charge in [0.2, 0.25) is 0 Å². The number of carboxylic acids is 1. The summed E-state index contributed by atoms with van der Waals surface area (Å²) >= 11 is 6.03. The highest BCUT2D eigenvalue weighted by molar-refractivity contribution is 6.32. The largest absolute Gasteiger partial charge is 0.493 e. The van der Waals surface area contributed by atoms with Crippen molar-refractivity contribution in [1.29, 1.82) is 0 Å². The number of benzene rings is 1. The van der Waals surface area contributed by atoms with Gasteiger partial charge in [-0.15, -0.1) is 0 Å². The molecular formula is C14H16ClNO5. The maximum atomic E-state index is 12.2. The Morgan fingerprint density at radius 1 is 1.33 bits per heavy atom. The first kappa shape index (κ1) is 15.4. The topological polar surface area (TPSA) is 84.9 Å². The fourth-order valence-corrected chi connectivity index (χ4v) is 2.37. The van der Waals surface area contributed by atoms with Crippen LogP contribution in [-0.4, -0.2) is 37.2 Å². The summed E-state index contributed by atoms with van der Waals surface area (Å²) in [6.45, 7) is 0. The molecule has 1 unspecified atom stereocenters. The van der Waals surface area contributed by atoms with Gasteiger partial charge < -0.3 is 19.9 Å². The number of amides is 1. The Morgan fingerprint density at radius 3 is 2.48 bits per heavy atom. The van der Waals surface area contributed by atoms with E-state index in [0.717, 1.165) is 12.8 Å². The van der Waals surface area contributed by atoms with Crippen LogP contribution < -0.4 is 14.8 Å². The van der Waals surface area contributed by atoms with Crippen LogP contribution in [0.3, 0.4) is 0 Å². The first-order valence-electron chi connectivity index (χ1n) is 6.43. The summed E-state index contributed by atoms with van der Waals surface area (Å²) in [7, 11) is 2.87. The third kappa shape index (κ3) is 3.39. The smallest absolute Gasteiger partial charge is 0.326 e. The first-order chi connectivity index (χ1) is 9.97. The number of halogens is 1. The average molecular weight is 314 g/mol. The lowest BCUT2D eigenvalue weighted by Gasteiger charge is -2.15. The van der Waals surface area contributed by atoms with Crippen molar-refractivity contribution in [3.8, 4) is 11.5 Å². The molecule has 114 valence electrons. The minimum atomic E-state index is -1.03. The number of aliphatic carboxylic acids is 1. The molecule has 1 aliphatic carbocycles. The predicted octanol–water partition coefficient (Wildman–Crippen LogP) is 1.95. The Kier molecular flexibility index (Phi) is 4.57. The third-order valence-corrected chi connectivity index (χ3v) is 3.62. The van der Waals surface area contributed by atoms with Gasteiger partial charge in [0.05, 0.1) is 19.2 Å². The highest BCUT2D eigenvalue weighted by Gasteiger charge is 2.37. The molecule has 1 fully saturated rings. The monoisotopic (exact) mass is 313 g/mol. The molecule has 7 heteroatoms. The van der Waals surface area contributed by atoms with Crippen LogP contribution in [0.4, 0.5) is 0 Å². The Bertz CT molecular complexity index is 571. The quantitative estimate of drug-likeness (QED) is 0.838. The zero-order chi connectivity index (χ0) is 15.6. The van der Waals surface area contributed by atoms with Crippen molar-refractivity contribution in [3.05, 3.63) is 22.7 Å². The van der Waals surface area contributed by atoms with Crippen LogP contribution in [0.25, 0.3) is 0 Å².